The summed E-state index contributed by atoms with van der Waals surface area (Å²) in [6, 6.07) is 9.61. The summed E-state index contributed by atoms with van der Waals surface area (Å²) in [6.07, 6.45) is 5.70. The van der Waals surface area contributed by atoms with Crippen molar-refractivity contribution in [2.24, 2.45) is 35.0 Å². The van der Waals surface area contributed by atoms with Gasteiger partial charge in [-0.3, -0.25) is 14.4 Å². The second-order valence-corrected chi connectivity index (χ2v) is 10.6. The van der Waals surface area contributed by atoms with Gasteiger partial charge in [0.15, 0.2) is 5.78 Å². The lowest BCUT2D eigenvalue weighted by Gasteiger charge is -2.50. The molecular weight excluding hydrogens is 430 g/mol. The van der Waals surface area contributed by atoms with Crippen LogP contribution < -0.4 is 5.32 Å². The van der Waals surface area contributed by atoms with E-state index in [1.165, 1.54) is 19.1 Å². The van der Waals surface area contributed by atoms with Crippen LogP contribution >= 0.6 is 0 Å². The number of benzene rings is 1. The van der Waals surface area contributed by atoms with Crippen molar-refractivity contribution < 1.29 is 24.6 Å². The van der Waals surface area contributed by atoms with Gasteiger partial charge >= 0.3 is 0 Å². The fraction of sp³-hybridized carbons (Fsp3) is 0.536. The number of amides is 1. The van der Waals surface area contributed by atoms with Crippen LogP contribution in [0.3, 0.4) is 0 Å². The van der Waals surface area contributed by atoms with Gasteiger partial charge in [-0.2, -0.15) is 0 Å². The summed E-state index contributed by atoms with van der Waals surface area (Å²) in [5, 5.41) is 25.5. The molecule has 0 aromatic heterocycles. The summed E-state index contributed by atoms with van der Waals surface area (Å²) in [5.74, 6) is -2.86. The van der Waals surface area contributed by atoms with Gasteiger partial charge in [-0.15, -0.1) is 0 Å². The van der Waals surface area contributed by atoms with Crippen LogP contribution in [0.1, 0.15) is 39.7 Å². The summed E-state index contributed by atoms with van der Waals surface area (Å²) in [5.41, 5.74) is -2.13. The van der Waals surface area contributed by atoms with Crippen LogP contribution in [-0.4, -0.2) is 45.4 Å². The van der Waals surface area contributed by atoms with Gasteiger partial charge in [-0.1, -0.05) is 69.3 Å². The molecule has 34 heavy (non-hydrogen) atoms. The lowest BCUT2D eigenvalue weighted by molar-refractivity contribution is -0.158. The highest BCUT2D eigenvalue weighted by Crippen LogP contribution is 2.57. The van der Waals surface area contributed by atoms with Gasteiger partial charge in [0.2, 0.25) is 5.91 Å². The quantitative estimate of drug-likeness (QED) is 0.583. The van der Waals surface area contributed by atoms with Gasteiger partial charge in [0.1, 0.15) is 11.4 Å². The zero-order valence-electron chi connectivity index (χ0n) is 20.3. The Hall–Kier alpha value is -2.57. The molecule has 6 heteroatoms. The van der Waals surface area contributed by atoms with Crippen molar-refractivity contribution in [3.63, 3.8) is 0 Å². The monoisotopic (exact) mass is 465 g/mol. The normalized spacial score (nSPS) is 42.5. The molecular formula is C28H35NO5. The summed E-state index contributed by atoms with van der Waals surface area (Å²) in [7, 11) is 0. The maximum absolute atomic E-state index is 13.8. The van der Waals surface area contributed by atoms with E-state index in [0.29, 0.717) is 12.8 Å². The molecule has 1 amide bonds. The van der Waals surface area contributed by atoms with E-state index in [4.69, 9.17) is 0 Å². The largest absolute Gasteiger partial charge is 0.388 e. The van der Waals surface area contributed by atoms with Crippen LogP contribution in [0.15, 0.2) is 54.6 Å². The molecule has 1 aliphatic heterocycles. The van der Waals surface area contributed by atoms with Crippen molar-refractivity contribution in [1.82, 2.24) is 5.32 Å². The average Bonchev–Trinajstić information content (AvgIpc) is 3.09. The third-order valence-electron chi connectivity index (χ3n) is 8.48. The van der Waals surface area contributed by atoms with Crippen molar-refractivity contribution in [2.45, 2.75) is 58.3 Å². The number of allylic oxidation sites excluding steroid dienone is 2. The van der Waals surface area contributed by atoms with Gasteiger partial charge in [-0.25, -0.2) is 0 Å². The van der Waals surface area contributed by atoms with Crippen LogP contribution in [0.5, 0.6) is 0 Å². The Morgan fingerprint density at radius 2 is 1.74 bits per heavy atom. The highest BCUT2D eigenvalue weighted by molar-refractivity contribution is 5.98. The second kappa shape index (κ2) is 8.90. The summed E-state index contributed by atoms with van der Waals surface area (Å²) >= 11 is 0. The molecule has 1 aromatic carbocycles. The van der Waals surface area contributed by atoms with Gasteiger partial charge in [-0.05, 0) is 37.3 Å². The van der Waals surface area contributed by atoms with E-state index in [-0.39, 0.29) is 41.3 Å². The lowest BCUT2D eigenvalue weighted by Crippen LogP contribution is -2.60. The Morgan fingerprint density at radius 1 is 1.06 bits per heavy atom. The minimum Gasteiger partial charge on any atom is -0.388 e. The van der Waals surface area contributed by atoms with Crippen LogP contribution in [0.4, 0.5) is 0 Å². The molecule has 1 heterocycles. The Labute approximate surface area is 201 Å². The molecule has 3 N–H and O–H groups in total. The Balaban J connectivity index is 1.87. The highest BCUT2D eigenvalue weighted by Gasteiger charge is 2.68. The number of aliphatic hydroxyl groups is 2. The van der Waals surface area contributed by atoms with Crippen molar-refractivity contribution in [2.75, 3.05) is 0 Å². The van der Waals surface area contributed by atoms with Crippen LogP contribution in [-0.2, 0) is 20.8 Å². The molecule has 9 atom stereocenters. The molecule has 2 fully saturated rings. The number of Topliss-reactive ketones (excluding diaryl/α,β-unsaturated/α-hetero) is 2. The zero-order chi connectivity index (χ0) is 24.8. The Kier molecular flexibility index (Phi) is 6.42. The fourth-order valence-corrected chi connectivity index (χ4v) is 6.47. The summed E-state index contributed by atoms with van der Waals surface area (Å²) in [4.78, 5) is 40.2. The topological polar surface area (TPSA) is 104 Å². The number of carbonyl (C=O) groups is 3. The fourth-order valence-electron chi connectivity index (χ4n) is 6.47. The van der Waals surface area contributed by atoms with Gasteiger partial charge in [0.05, 0.1) is 17.4 Å². The smallest absolute Gasteiger partial charge is 0.230 e. The SMILES string of the molecule is C[C@H]1[C@H]2[C@H](Cc3ccccc3)NC(=O)[C@]23[C@H](O)C=C[C@@](C)(O)C(=O)[C@@H](C)CC=C[C@H]3C(=O)[C@@H]1C. The van der Waals surface area contributed by atoms with E-state index in [1.54, 1.807) is 19.1 Å². The van der Waals surface area contributed by atoms with Crippen molar-refractivity contribution in [3.8, 4) is 0 Å². The molecule has 1 saturated heterocycles. The molecule has 0 unspecified atom stereocenters. The standard InChI is InChI=1S/C28H35NO5/c1-16-9-8-12-20-24(31)18(3)17(2)23-21(15-19-10-6-5-7-11-19)29-26(33)28(20,23)22(30)13-14-27(4,34)25(16)32/h5-8,10-14,16-18,20-23,30,34H,9,15H2,1-4H3,(H,29,33)/t16-,17+,18+,20-,21-,22+,23-,27+,28+/m0/s1. The first kappa shape index (κ1) is 24.6. The number of hydrogen-bond acceptors (Lipinski definition) is 5. The first-order valence-corrected chi connectivity index (χ1v) is 12.2. The maximum Gasteiger partial charge on any atom is 0.230 e. The number of rotatable bonds is 2. The minimum atomic E-state index is -1.78. The molecule has 2 aliphatic carbocycles. The molecule has 6 nitrogen and oxygen atoms in total. The number of carbonyl (C=O) groups excluding carboxylic acids is 3. The molecule has 182 valence electrons. The van der Waals surface area contributed by atoms with E-state index in [1.807, 2.05) is 44.2 Å². The predicted molar refractivity (Wildman–Crippen MR) is 129 cm³/mol. The van der Waals surface area contributed by atoms with E-state index < -0.39 is 29.0 Å². The molecule has 1 aromatic rings. The molecule has 0 radical (unpaired) electrons. The predicted octanol–water partition coefficient (Wildman–Crippen LogP) is 2.63. The minimum absolute atomic E-state index is 0.0760. The second-order valence-electron chi connectivity index (χ2n) is 10.6. The summed E-state index contributed by atoms with van der Waals surface area (Å²) < 4.78 is 0. The molecule has 1 saturated carbocycles. The lowest BCUT2D eigenvalue weighted by atomic mass is 9.50. The Morgan fingerprint density at radius 3 is 2.41 bits per heavy atom. The zero-order valence-corrected chi connectivity index (χ0v) is 20.3. The van der Waals surface area contributed by atoms with E-state index in [9.17, 15) is 24.6 Å². The molecule has 0 bridgehead atoms. The van der Waals surface area contributed by atoms with Crippen molar-refractivity contribution in [1.29, 1.82) is 0 Å². The molecule has 3 aliphatic rings. The highest BCUT2D eigenvalue weighted by atomic mass is 16.3. The van der Waals surface area contributed by atoms with Crippen molar-refractivity contribution in [3.05, 3.63) is 60.2 Å². The van der Waals surface area contributed by atoms with Gasteiger partial charge in [0.25, 0.3) is 0 Å². The molecule has 1 spiro atoms. The van der Waals surface area contributed by atoms with Gasteiger partial charge < -0.3 is 15.5 Å². The van der Waals surface area contributed by atoms with Crippen LogP contribution in [0.2, 0.25) is 0 Å². The number of ketones is 2. The third kappa shape index (κ3) is 3.77. The van der Waals surface area contributed by atoms with E-state index >= 15 is 0 Å². The third-order valence-corrected chi connectivity index (χ3v) is 8.48. The Bertz CT molecular complexity index is 1030. The van der Waals surface area contributed by atoms with E-state index in [0.717, 1.165) is 5.56 Å². The average molecular weight is 466 g/mol. The van der Waals surface area contributed by atoms with Crippen LogP contribution in [0, 0.1) is 35.0 Å². The number of nitrogens with one attached hydrogen (secondary N) is 1. The van der Waals surface area contributed by atoms with Crippen LogP contribution in [0.25, 0.3) is 0 Å². The number of aliphatic hydroxyl groups excluding tert-OH is 1. The maximum atomic E-state index is 13.8. The van der Waals surface area contributed by atoms with Gasteiger partial charge in [0, 0.05) is 23.8 Å². The first-order valence-electron chi connectivity index (χ1n) is 12.2. The van der Waals surface area contributed by atoms with E-state index in [2.05, 4.69) is 5.32 Å². The summed E-state index contributed by atoms with van der Waals surface area (Å²) in [6.45, 7) is 7.01. The number of hydrogen-bond donors (Lipinski definition) is 3. The molecule has 4 rings (SSSR count). The first-order chi connectivity index (χ1) is 16.0. The van der Waals surface area contributed by atoms with Crippen molar-refractivity contribution >= 4 is 17.5 Å².